The number of nitrogens with zero attached hydrogens (tertiary/aromatic N) is 1. The van der Waals surface area contributed by atoms with Crippen LogP contribution in [0.25, 0.3) is 11.0 Å². The van der Waals surface area contributed by atoms with Crippen LogP contribution in [-0.2, 0) is 4.74 Å². The predicted octanol–water partition coefficient (Wildman–Crippen LogP) is 6.67. The summed E-state index contributed by atoms with van der Waals surface area (Å²) in [7, 11) is 0. The SMILES string of the molecule is Cc1cc(C(C)Nc2ccccc2C(=O)OC(C)(C)C)c2oc(N3CCC(C)(C)CC3)c(C=O)c(=O)c2c1. The summed E-state index contributed by atoms with van der Waals surface area (Å²) in [5, 5.41) is 3.80. The molecule has 1 saturated heterocycles. The molecular formula is C31H38N2O5. The van der Waals surface area contributed by atoms with Crippen LogP contribution in [-0.4, -0.2) is 30.9 Å². The van der Waals surface area contributed by atoms with Crippen molar-refractivity contribution < 1.29 is 18.7 Å². The number of anilines is 2. The second-order valence-electron chi connectivity index (χ2n) is 12.1. The van der Waals surface area contributed by atoms with E-state index in [-0.39, 0.29) is 22.4 Å². The number of ether oxygens (including phenoxy) is 1. The normalized spacial score (nSPS) is 16.2. The summed E-state index contributed by atoms with van der Waals surface area (Å²) in [6.45, 7) is 15.2. The zero-order valence-corrected chi connectivity index (χ0v) is 23.4. The number of para-hydroxylation sites is 1. The van der Waals surface area contributed by atoms with Crippen molar-refractivity contribution in [3.8, 4) is 0 Å². The van der Waals surface area contributed by atoms with Crippen molar-refractivity contribution in [1.82, 2.24) is 0 Å². The molecule has 1 aromatic heterocycles. The highest BCUT2D eigenvalue weighted by Gasteiger charge is 2.30. The zero-order valence-electron chi connectivity index (χ0n) is 23.4. The summed E-state index contributed by atoms with van der Waals surface area (Å²) in [4.78, 5) is 40.5. The van der Waals surface area contributed by atoms with Crippen molar-refractivity contribution in [2.75, 3.05) is 23.3 Å². The highest BCUT2D eigenvalue weighted by atomic mass is 16.6. The molecule has 1 aliphatic rings. The molecule has 4 rings (SSSR count). The summed E-state index contributed by atoms with van der Waals surface area (Å²) in [6.07, 6.45) is 2.49. The minimum Gasteiger partial charge on any atom is -0.456 e. The van der Waals surface area contributed by atoms with Crippen molar-refractivity contribution >= 4 is 34.8 Å². The van der Waals surface area contributed by atoms with E-state index in [2.05, 4.69) is 19.2 Å². The van der Waals surface area contributed by atoms with Crippen LogP contribution >= 0.6 is 0 Å². The Kier molecular flexibility index (Phi) is 7.42. The predicted molar refractivity (Wildman–Crippen MR) is 151 cm³/mol. The van der Waals surface area contributed by atoms with E-state index in [1.807, 2.05) is 57.7 Å². The second kappa shape index (κ2) is 10.3. The monoisotopic (exact) mass is 518 g/mol. The van der Waals surface area contributed by atoms with Crippen LogP contribution in [0, 0.1) is 12.3 Å². The molecule has 3 aromatic rings. The van der Waals surface area contributed by atoms with Gasteiger partial charge in [0.25, 0.3) is 0 Å². The lowest BCUT2D eigenvalue weighted by Crippen LogP contribution is -2.38. The fraction of sp³-hybridized carbons (Fsp3) is 0.452. The number of aryl methyl sites for hydroxylation is 1. The van der Waals surface area contributed by atoms with Gasteiger partial charge in [-0.2, -0.15) is 0 Å². The molecule has 1 fully saturated rings. The van der Waals surface area contributed by atoms with Crippen LogP contribution in [0.5, 0.6) is 0 Å². The van der Waals surface area contributed by atoms with Gasteiger partial charge in [-0.15, -0.1) is 0 Å². The third kappa shape index (κ3) is 5.77. The maximum absolute atomic E-state index is 13.5. The lowest BCUT2D eigenvalue weighted by atomic mass is 9.82. The number of fused-ring (bicyclic) bond motifs is 1. The number of carbonyl (C=O) groups excluding carboxylic acids is 2. The van der Waals surface area contributed by atoms with Gasteiger partial charge in [-0.1, -0.05) is 32.0 Å². The Morgan fingerprint density at radius 3 is 2.45 bits per heavy atom. The van der Waals surface area contributed by atoms with Gasteiger partial charge in [-0.25, -0.2) is 4.79 Å². The van der Waals surface area contributed by atoms with Gasteiger partial charge in [0.1, 0.15) is 16.7 Å². The molecule has 1 atom stereocenters. The molecule has 38 heavy (non-hydrogen) atoms. The molecule has 7 nitrogen and oxygen atoms in total. The Morgan fingerprint density at radius 2 is 1.82 bits per heavy atom. The molecule has 2 aromatic carbocycles. The van der Waals surface area contributed by atoms with Gasteiger partial charge in [0.05, 0.1) is 17.0 Å². The summed E-state index contributed by atoms with van der Waals surface area (Å²) in [5.74, 6) is -0.0844. The summed E-state index contributed by atoms with van der Waals surface area (Å²) in [6, 6.07) is 10.6. The quantitative estimate of drug-likeness (QED) is 0.288. The maximum Gasteiger partial charge on any atom is 0.340 e. The standard InChI is InChI=1S/C31H38N2O5/c1-19-16-22(20(2)32-25-11-9-8-10-21(25)29(36)38-30(3,4)5)27-23(17-19)26(35)24(18-34)28(37-27)33-14-12-31(6,7)13-15-33/h8-11,16-18,20,32H,12-15H2,1-7H3. The van der Waals surface area contributed by atoms with E-state index in [0.29, 0.717) is 47.5 Å². The van der Waals surface area contributed by atoms with Crippen molar-refractivity contribution in [2.24, 2.45) is 5.41 Å². The smallest absolute Gasteiger partial charge is 0.340 e. The van der Waals surface area contributed by atoms with E-state index >= 15 is 0 Å². The van der Waals surface area contributed by atoms with E-state index in [1.54, 1.807) is 18.2 Å². The van der Waals surface area contributed by atoms with Crippen LogP contribution < -0.4 is 15.6 Å². The van der Waals surface area contributed by atoms with Crippen molar-refractivity contribution in [3.63, 3.8) is 0 Å². The minimum atomic E-state index is -0.623. The van der Waals surface area contributed by atoms with Crippen LogP contribution in [0.3, 0.4) is 0 Å². The van der Waals surface area contributed by atoms with E-state index in [9.17, 15) is 14.4 Å². The number of piperidine rings is 1. The van der Waals surface area contributed by atoms with Crippen LogP contribution in [0.4, 0.5) is 11.6 Å². The van der Waals surface area contributed by atoms with E-state index in [0.717, 1.165) is 24.0 Å². The van der Waals surface area contributed by atoms with Gasteiger partial charge in [-0.05, 0) is 76.6 Å². The molecule has 1 unspecified atom stereocenters. The summed E-state index contributed by atoms with van der Waals surface area (Å²) in [5.41, 5.74) is 2.45. The first-order valence-corrected chi connectivity index (χ1v) is 13.2. The fourth-order valence-electron chi connectivity index (χ4n) is 4.88. The highest BCUT2D eigenvalue weighted by Crippen LogP contribution is 2.36. The molecule has 0 aliphatic carbocycles. The number of carbonyl (C=O) groups is 2. The average Bonchev–Trinajstić information content (AvgIpc) is 2.83. The number of hydrogen-bond acceptors (Lipinski definition) is 7. The lowest BCUT2D eigenvalue weighted by molar-refractivity contribution is 0.00705. The summed E-state index contributed by atoms with van der Waals surface area (Å²) < 4.78 is 12.0. The van der Waals surface area contributed by atoms with Crippen LogP contribution in [0.2, 0.25) is 0 Å². The third-order valence-electron chi connectivity index (χ3n) is 7.09. The Balaban J connectivity index is 1.77. The molecule has 2 heterocycles. The van der Waals surface area contributed by atoms with Gasteiger partial charge in [0.15, 0.2) is 6.29 Å². The first-order chi connectivity index (χ1) is 17.8. The van der Waals surface area contributed by atoms with E-state index in [1.165, 1.54) is 0 Å². The van der Waals surface area contributed by atoms with E-state index < -0.39 is 11.6 Å². The first kappa shape index (κ1) is 27.4. The zero-order chi connectivity index (χ0) is 27.8. The Labute approximate surface area is 224 Å². The number of aldehydes is 1. The first-order valence-electron chi connectivity index (χ1n) is 13.2. The van der Waals surface area contributed by atoms with Gasteiger partial charge < -0.3 is 19.4 Å². The molecule has 202 valence electrons. The highest BCUT2D eigenvalue weighted by molar-refractivity contribution is 5.96. The van der Waals surface area contributed by atoms with E-state index in [4.69, 9.17) is 9.15 Å². The minimum absolute atomic E-state index is 0.0599. The number of benzene rings is 2. The maximum atomic E-state index is 13.5. The average molecular weight is 519 g/mol. The number of esters is 1. The lowest BCUT2D eigenvalue weighted by Gasteiger charge is -2.37. The largest absolute Gasteiger partial charge is 0.456 e. The molecule has 1 N–H and O–H groups in total. The van der Waals surface area contributed by atoms with Crippen LogP contribution in [0.15, 0.2) is 45.6 Å². The molecule has 0 amide bonds. The third-order valence-corrected chi connectivity index (χ3v) is 7.09. The Hall–Kier alpha value is -3.61. The summed E-state index contributed by atoms with van der Waals surface area (Å²) >= 11 is 0. The van der Waals surface area contributed by atoms with Crippen molar-refractivity contribution in [2.45, 2.75) is 73.0 Å². The molecular weight excluding hydrogens is 480 g/mol. The van der Waals surface area contributed by atoms with Crippen molar-refractivity contribution in [3.05, 3.63) is 68.9 Å². The Bertz CT molecular complexity index is 1420. The second-order valence-corrected chi connectivity index (χ2v) is 12.1. The molecule has 7 heteroatoms. The van der Waals surface area contributed by atoms with Crippen molar-refractivity contribution in [1.29, 1.82) is 0 Å². The van der Waals surface area contributed by atoms with Gasteiger partial charge in [0.2, 0.25) is 11.3 Å². The molecule has 0 radical (unpaired) electrons. The number of rotatable bonds is 6. The fourth-order valence-corrected chi connectivity index (χ4v) is 4.88. The Morgan fingerprint density at radius 1 is 1.16 bits per heavy atom. The molecule has 0 spiro atoms. The van der Waals surface area contributed by atoms with Gasteiger partial charge >= 0.3 is 5.97 Å². The number of nitrogens with one attached hydrogen (secondary N) is 1. The molecule has 1 aliphatic heterocycles. The molecule has 0 saturated carbocycles. The topological polar surface area (TPSA) is 88.8 Å². The number of hydrogen-bond donors (Lipinski definition) is 1. The molecule has 0 bridgehead atoms. The van der Waals surface area contributed by atoms with Gasteiger partial charge in [-0.3, -0.25) is 9.59 Å². The van der Waals surface area contributed by atoms with Crippen LogP contribution in [0.1, 0.15) is 92.3 Å². The van der Waals surface area contributed by atoms with Gasteiger partial charge in [0, 0.05) is 24.3 Å².